The van der Waals surface area contributed by atoms with Crippen LogP contribution in [0.2, 0.25) is 0 Å². The van der Waals surface area contributed by atoms with Gasteiger partial charge in [0, 0.05) is 23.2 Å². The van der Waals surface area contributed by atoms with E-state index in [0.717, 1.165) is 11.2 Å². The average Bonchev–Trinajstić information content (AvgIpc) is 3.04. The van der Waals surface area contributed by atoms with Crippen LogP contribution in [0.4, 0.5) is 0 Å². The van der Waals surface area contributed by atoms with Crippen LogP contribution in [-0.4, -0.2) is 18.3 Å². The fraction of sp³-hybridized carbons (Fsp3) is 0.684. The third-order valence-corrected chi connectivity index (χ3v) is 6.41. The van der Waals surface area contributed by atoms with Gasteiger partial charge in [-0.15, -0.1) is 11.8 Å². The van der Waals surface area contributed by atoms with E-state index >= 15 is 0 Å². The van der Waals surface area contributed by atoms with Gasteiger partial charge in [0.05, 0.1) is 0 Å². The fourth-order valence-corrected chi connectivity index (χ4v) is 5.59. The average molecular weight is 304 g/mol. The van der Waals surface area contributed by atoms with Gasteiger partial charge in [0.1, 0.15) is 0 Å². The van der Waals surface area contributed by atoms with Crippen molar-refractivity contribution in [1.29, 1.82) is 0 Å². The summed E-state index contributed by atoms with van der Waals surface area (Å²) in [5.74, 6) is 0.829. The second-order valence-electron chi connectivity index (χ2n) is 7.49. The highest BCUT2D eigenvalue weighted by molar-refractivity contribution is 8.00. The molecule has 0 amide bonds. The molecule has 0 spiro atoms. The van der Waals surface area contributed by atoms with Gasteiger partial charge in [0.25, 0.3) is 0 Å². The van der Waals surface area contributed by atoms with Crippen molar-refractivity contribution in [3.8, 4) is 0 Å². The molecule has 1 fully saturated rings. The molecule has 1 aromatic rings. The highest BCUT2D eigenvalue weighted by Crippen LogP contribution is 2.43. The quantitative estimate of drug-likeness (QED) is 0.802. The molecular formula is C19H29NS. The van der Waals surface area contributed by atoms with Gasteiger partial charge in [0.2, 0.25) is 0 Å². The molecule has 0 bridgehead atoms. The van der Waals surface area contributed by atoms with Crippen molar-refractivity contribution in [2.24, 2.45) is 11.3 Å². The maximum absolute atomic E-state index is 3.83. The Labute approximate surface area is 134 Å². The Kier molecular flexibility index (Phi) is 4.96. The first-order chi connectivity index (χ1) is 10.2. The SMILES string of the molecule is CC(C)CC1(CNCC2Cc3ccccc3S2)CCCC1. The second kappa shape index (κ2) is 6.75. The molecule has 0 radical (unpaired) electrons. The molecule has 116 valence electrons. The van der Waals surface area contributed by atoms with Crippen molar-refractivity contribution < 1.29 is 0 Å². The lowest BCUT2D eigenvalue weighted by molar-refractivity contribution is 0.224. The molecule has 2 heteroatoms. The van der Waals surface area contributed by atoms with Crippen LogP contribution in [0, 0.1) is 11.3 Å². The Morgan fingerprint density at radius 1 is 1.24 bits per heavy atom. The van der Waals surface area contributed by atoms with E-state index < -0.39 is 0 Å². The van der Waals surface area contributed by atoms with Gasteiger partial charge >= 0.3 is 0 Å². The van der Waals surface area contributed by atoms with Crippen molar-refractivity contribution in [2.75, 3.05) is 13.1 Å². The number of rotatable bonds is 6. The summed E-state index contributed by atoms with van der Waals surface area (Å²) in [6.45, 7) is 7.16. The zero-order chi connectivity index (χ0) is 14.7. The Balaban J connectivity index is 1.48. The van der Waals surface area contributed by atoms with E-state index in [0.29, 0.717) is 5.41 Å². The third-order valence-electron chi connectivity index (χ3n) is 5.09. The molecule has 1 heterocycles. The minimum absolute atomic E-state index is 0.601. The van der Waals surface area contributed by atoms with Crippen LogP contribution >= 0.6 is 11.8 Å². The van der Waals surface area contributed by atoms with E-state index in [1.165, 1.54) is 56.5 Å². The predicted octanol–water partition coefficient (Wildman–Crippen LogP) is 4.90. The summed E-state index contributed by atoms with van der Waals surface area (Å²) in [4.78, 5) is 1.50. The molecule has 1 aromatic carbocycles. The van der Waals surface area contributed by atoms with Crippen LogP contribution in [0.25, 0.3) is 0 Å². The van der Waals surface area contributed by atoms with Gasteiger partial charge < -0.3 is 5.32 Å². The summed E-state index contributed by atoms with van der Waals surface area (Å²) in [7, 11) is 0. The molecule has 3 rings (SSSR count). The molecule has 1 N–H and O–H groups in total. The minimum atomic E-state index is 0.601. The number of thioether (sulfide) groups is 1. The molecule has 1 aliphatic heterocycles. The van der Waals surface area contributed by atoms with Gasteiger partial charge in [-0.25, -0.2) is 0 Å². The lowest BCUT2D eigenvalue weighted by atomic mass is 9.78. The van der Waals surface area contributed by atoms with Crippen molar-refractivity contribution in [3.63, 3.8) is 0 Å². The normalized spacial score (nSPS) is 23.7. The smallest absolute Gasteiger partial charge is 0.0260 e. The van der Waals surface area contributed by atoms with Gasteiger partial charge in [-0.05, 0) is 48.6 Å². The van der Waals surface area contributed by atoms with Crippen LogP contribution in [-0.2, 0) is 6.42 Å². The summed E-state index contributed by atoms with van der Waals surface area (Å²) < 4.78 is 0. The Bertz CT molecular complexity index is 437. The first kappa shape index (κ1) is 15.4. The van der Waals surface area contributed by atoms with Crippen LogP contribution in [0.5, 0.6) is 0 Å². The largest absolute Gasteiger partial charge is 0.315 e. The van der Waals surface area contributed by atoms with E-state index in [1.54, 1.807) is 5.56 Å². The summed E-state index contributed by atoms with van der Waals surface area (Å²) >= 11 is 2.07. The van der Waals surface area contributed by atoms with E-state index in [9.17, 15) is 0 Å². The molecule has 1 saturated carbocycles. The second-order valence-corrected chi connectivity index (χ2v) is 8.83. The zero-order valence-corrected chi connectivity index (χ0v) is 14.3. The molecule has 0 aromatic heterocycles. The zero-order valence-electron chi connectivity index (χ0n) is 13.5. The predicted molar refractivity (Wildman–Crippen MR) is 93.0 cm³/mol. The van der Waals surface area contributed by atoms with Crippen molar-refractivity contribution in [1.82, 2.24) is 5.32 Å². The summed E-state index contributed by atoms with van der Waals surface area (Å²) in [6.07, 6.45) is 8.41. The number of fused-ring (bicyclic) bond motifs is 1. The first-order valence-corrected chi connectivity index (χ1v) is 9.50. The lowest BCUT2D eigenvalue weighted by Crippen LogP contribution is -2.36. The molecule has 1 atom stereocenters. The number of hydrogen-bond acceptors (Lipinski definition) is 2. The van der Waals surface area contributed by atoms with E-state index in [4.69, 9.17) is 0 Å². The topological polar surface area (TPSA) is 12.0 Å². The molecule has 1 nitrogen and oxygen atoms in total. The number of hydrogen-bond donors (Lipinski definition) is 1. The van der Waals surface area contributed by atoms with Crippen LogP contribution in [0.1, 0.15) is 51.5 Å². The number of nitrogens with one attached hydrogen (secondary N) is 1. The summed E-state index contributed by atoms with van der Waals surface area (Å²) in [6, 6.07) is 8.90. The van der Waals surface area contributed by atoms with Gasteiger partial charge in [0.15, 0.2) is 0 Å². The Morgan fingerprint density at radius 2 is 2.00 bits per heavy atom. The highest BCUT2D eigenvalue weighted by atomic mass is 32.2. The highest BCUT2D eigenvalue weighted by Gasteiger charge is 2.34. The van der Waals surface area contributed by atoms with E-state index in [2.05, 4.69) is 55.2 Å². The van der Waals surface area contributed by atoms with Gasteiger partial charge in [-0.2, -0.15) is 0 Å². The maximum Gasteiger partial charge on any atom is 0.0260 e. The van der Waals surface area contributed by atoms with Crippen LogP contribution in [0.15, 0.2) is 29.2 Å². The maximum atomic E-state index is 3.83. The minimum Gasteiger partial charge on any atom is -0.315 e. The van der Waals surface area contributed by atoms with Gasteiger partial charge in [-0.1, -0.05) is 44.9 Å². The molecule has 1 unspecified atom stereocenters. The molecule has 21 heavy (non-hydrogen) atoms. The molecule has 1 aliphatic carbocycles. The van der Waals surface area contributed by atoms with E-state index in [1.807, 2.05) is 0 Å². The number of benzene rings is 1. The Hall–Kier alpha value is -0.470. The van der Waals surface area contributed by atoms with Gasteiger partial charge in [-0.3, -0.25) is 0 Å². The van der Waals surface area contributed by atoms with Crippen molar-refractivity contribution >= 4 is 11.8 Å². The fourth-order valence-electron chi connectivity index (χ4n) is 4.31. The molecule has 0 saturated heterocycles. The van der Waals surface area contributed by atoms with E-state index in [-0.39, 0.29) is 0 Å². The lowest BCUT2D eigenvalue weighted by Gasteiger charge is -2.31. The van der Waals surface area contributed by atoms with Crippen LogP contribution in [0.3, 0.4) is 0 Å². The summed E-state index contributed by atoms with van der Waals surface area (Å²) in [5.41, 5.74) is 2.15. The third kappa shape index (κ3) is 3.84. The van der Waals surface area contributed by atoms with Crippen LogP contribution < -0.4 is 5.32 Å². The summed E-state index contributed by atoms with van der Waals surface area (Å²) in [5, 5.41) is 4.57. The monoisotopic (exact) mass is 303 g/mol. The molecule has 2 aliphatic rings. The van der Waals surface area contributed by atoms with Crippen molar-refractivity contribution in [3.05, 3.63) is 29.8 Å². The first-order valence-electron chi connectivity index (χ1n) is 8.62. The van der Waals surface area contributed by atoms with Crippen molar-refractivity contribution in [2.45, 2.75) is 62.5 Å². The Morgan fingerprint density at radius 3 is 2.71 bits per heavy atom. The molecular weight excluding hydrogens is 274 g/mol. The standard InChI is InChI=1S/C19H29NS/c1-15(2)12-19(9-5-6-10-19)14-20-13-17-11-16-7-3-4-8-18(16)21-17/h3-4,7-8,15,17,20H,5-6,9-14H2,1-2H3.